The Labute approximate surface area is 126 Å². The molecule has 0 spiro atoms. The topological polar surface area (TPSA) is 46.2 Å². The Kier molecular flexibility index (Phi) is 4.91. The number of nitrogens with two attached hydrogens (primary N) is 1. The van der Waals surface area contributed by atoms with Gasteiger partial charge in [0, 0.05) is 22.5 Å². The third-order valence-corrected chi connectivity index (χ3v) is 3.93. The number of aliphatic hydroxyl groups is 1. The Balaban J connectivity index is 2.35. The zero-order valence-electron chi connectivity index (χ0n) is 11.2. The number of hydrogen-bond donors (Lipinski definition) is 2. The summed E-state index contributed by atoms with van der Waals surface area (Å²) in [5.74, 6) is -0.738. The van der Waals surface area contributed by atoms with Gasteiger partial charge < -0.3 is 10.8 Å². The average molecular weight is 338 g/mol. The molecule has 0 fully saturated rings. The van der Waals surface area contributed by atoms with Crippen LogP contribution in [0.4, 0.5) is 4.39 Å². The van der Waals surface area contributed by atoms with E-state index < -0.39 is 11.9 Å². The molecule has 2 atom stereocenters. The van der Waals surface area contributed by atoms with Crippen LogP contribution in [-0.4, -0.2) is 11.7 Å². The van der Waals surface area contributed by atoms with Gasteiger partial charge in [-0.25, -0.2) is 4.39 Å². The summed E-state index contributed by atoms with van der Waals surface area (Å²) in [4.78, 5) is 0. The molecular formula is C16H17BrFNO. The van der Waals surface area contributed by atoms with E-state index in [1.165, 1.54) is 6.07 Å². The Morgan fingerprint density at radius 3 is 2.45 bits per heavy atom. The van der Waals surface area contributed by atoms with Crippen LogP contribution < -0.4 is 5.73 Å². The van der Waals surface area contributed by atoms with Crippen LogP contribution in [0, 0.1) is 12.7 Å². The van der Waals surface area contributed by atoms with Crippen molar-refractivity contribution in [1.29, 1.82) is 0 Å². The van der Waals surface area contributed by atoms with E-state index in [0.29, 0.717) is 5.56 Å². The molecule has 0 saturated heterocycles. The third-order valence-electron chi connectivity index (χ3n) is 3.40. The second-order valence-corrected chi connectivity index (χ2v) is 5.78. The van der Waals surface area contributed by atoms with Crippen LogP contribution in [0.5, 0.6) is 0 Å². The molecule has 0 aliphatic heterocycles. The van der Waals surface area contributed by atoms with Gasteiger partial charge in [0.2, 0.25) is 0 Å². The van der Waals surface area contributed by atoms with Crippen molar-refractivity contribution in [2.45, 2.75) is 18.9 Å². The van der Waals surface area contributed by atoms with Gasteiger partial charge in [0.15, 0.2) is 0 Å². The third kappa shape index (κ3) is 3.26. The van der Waals surface area contributed by atoms with Gasteiger partial charge >= 0.3 is 0 Å². The highest BCUT2D eigenvalue weighted by Crippen LogP contribution is 2.32. The monoisotopic (exact) mass is 337 g/mol. The molecule has 106 valence electrons. The molecule has 0 saturated carbocycles. The number of halogens is 2. The van der Waals surface area contributed by atoms with Crippen LogP contribution in [0.2, 0.25) is 0 Å². The minimum Gasteiger partial charge on any atom is -0.388 e. The second kappa shape index (κ2) is 6.48. The van der Waals surface area contributed by atoms with E-state index in [1.54, 1.807) is 12.1 Å². The minimum atomic E-state index is -0.957. The number of hydrogen-bond acceptors (Lipinski definition) is 2. The number of aryl methyl sites for hydroxylation is 1. The molecule has 0 heterocycles. The highest BCUT2D eigenvalue weighted by atomic mass is 79.9. The summed E-state index contributed by atoms with van der Waals surface area (Å²) in [5.41, 5.74) is 7.87. The summed E-state index contributed by atoms with van der Waals surface area (Å²) in [5, 5.41) is 10.5. The number of benzene rings is 2. The largest absolute Gasteiger partial charge is 0.388 e. The molecule has 4 heteroatoms. The molecule has 0 aromatic heterocycles. The maximum Gasteiger partial charge on any atom is 0.129 e. The van der Waals surface area contributed by atoms with Gasteiger partial charge in [0.1, 0.15) is 5.82 Å². The average Bonchev–Trinajstić information content (AvgIpc) is 2.44. The Hall–Kier alpha value is -1.23. The molecule has 2 aromatic rings. The van der Waals surface area contributed by atoms with Gasteiger partial charge in [-0.05, 0) is 30.7 Å². The lowest BCUT2D eigenvalue weighted by molar-refractivity contribution is 0.143. The van der Waals surface area contributed by atoms with Crippen molar-refractivity contribution < 1.29 is 9.50 Å². The summed E-state index contributed by atoms with van der Waals surface area (Å²) in [6.07, 6.45) is -0.957. The van der Waals surface area contributed by atoms with Crippen LogP contribution in [0.15, 0.2) is 46.9 Å². The first-order valence-electron chi connectivity index (χ1n) is 6.42. The van der Waals surface area contributed by atoms with Crippen molar-refractivity contribution in [3.8, 4) is 0 Å². The molecule has 3 N–H and O–H groups in total. The standard InChI is InChI=1S/C16H17BrFNO/c1-10-2-7-15(18)13(8-10)16(20)14(9-19)11-3-5-12(17)6-4-11/h2-8,14,16,20H,9,19H2,1H3. The lowest BCUT2D eigenvalue weighted by Gasteiger charge is -2.23. The quantitative estimate of drug-likeness (QED) is 0.893. The van der Waals surface area contributed by atoms with Crippen LogP contribution in [-0.2, 0) is 0 Å². The highest BCUT2D eigenvalue weighted by molar-refractivity contribution is 9.10. The molecule has 0 radical (unpaired) electrons. The zero-order chi connectivity index (χ0) is 14.7. The fourth-order valence-corrected chi connectivity index (χ4v) is 2.53. The smallest absolute Gasteiger partial charge is 0.129 e. The van der Waals surface area contributed by atoms with Crippen LogP contribution in [0.25, 0.3) is 0 Å². The summed E-state index contributed by atoms with van der Waals surface area (Å²) in [6, 6.07) is 12.3. The predicted octanol–water partition coefficient (Wildman–Crippen LogP) is 3.67. The van der Waals surface area contributed by atoms with Gasteiger partial charge in [-0.1, -0.05) is 45.8 Å². The summed E-state index contributed by atoms with van der Waals surface area (Å²) in [7, 11) is 0. The van der Waals surface area contributed by atoms with Crippen LogP contribution in [0.1, 0.15) is 28.7 Å². The Bertz CT molecular complexity index is 586. The number of aliphatic hydroxyl groups excluding tert-OH is 1. The lowest BCUT2D eigenvalue weighted by Crippen LogP contribution is -2.21. The summed E-state index contributed by atoms with van der Waals surface area (Å²) < 4.78 is 14.8. The van der Waals surface area contributed by atoms with E-state index in [-0.39, 0.29) is 12.5 Å². The van der Waals surface area contributed by atoms with Crippen molar-refractivity contribution in [3.63, 3.8) is 0 Å². The predicted molar refractivity (Wildman–Crippen MR) is 82.0 cm³/mol. The van der Waals surface area contributed by atoms with Gasteiger partial charge in [-0.3, -0.25) is 0 Å². The molecule has 20 heavy (non-hydrogen) atoms. The Morgan fingerprint density at radius 1 is 1.20 bits per heavy atom. The molecule has 2 rings (SSSR count). The molecular weight excluding hydrogens is 321 g/mol. The van der Waals surface area contributed by atoms with Crippen molar-refractivity contribution in [1.82, 2.24) is 0 Å². The Morgan fingerprint density at radius 2 is 1.85 bits per heavy atom. The molecule has 2 unspecified atom stereocenters. The summed E-state index contributed by atoms with van der Waals surface area (Å²) in [6.45, 7) is 2.11. The van der Waals surface area contributed by atoms with Crippen LogP contribution in [0.3, 0.4) is 0 Å². The fourth-order valence-electron chi connectivity index (χ4n) is 2.26. The van der Waals surface area contributed by atoms with Gasteiger partial charge in [-0.15, -0.1) is 0 Å². The zero-order valence-corrected chi connectivity index (χ0v) is 12.8. The van der Waals surface area contributed by atoms with E-state index in [2.05, 4.69) is 15.9 Å². The maximum atomic E-state index is 13.9. The van der Waals surface area contributed by atoms with E-state index in [0.717, 1.165) is 15.6 Å². The SMILES string of the molecule is Cc1ccc(F)c(C(O)C(CN)c2ccc(Br)cc2)c1. The van der Waals surface area contributed by atoms with Crippen molar-refractivity contribution in [3.05, 3.63) is 69.4 Å². The molecule has 2 nitrogen and oxygen atoms in total. The van der Waals surface area contributed by atoms with Gasteiger partial charge in [0.25, 0.3) is 0 Å². The normalized spacial score (nSPS) is 14.1. The van der Waals surface area contributed by atoms with Crippen molar-refractivity contribution in [2.24, 2.45) is 5.73 Å². The first-order valence-corrected chi connectivity index (χ1v) is 7.22. The second-order valence-electron chi connectivity index (χ2n) is 4.86. The van der Waals surface area contributed by atoms with E-state index in [4.69, 9.17) is 5.73 Å². The molecule has 2 aromatic carbocycles. The lowest BCUT2D eigenvalue weighted by atomic mass is 9.88. The molecule has 0 aliphatic carbocycles. The van der Waals surface area contributed by atoms with Crippen LogP contribution >= 0.6 is 15.9 Å². The molecule has 0 aliphatic rings. The van der Waals surface area contributed by atoms with Gasteiger partial charge in [0.05, 0.1) is 6.10 Å². The van der Waals surface area contributed by atoms with Gasteiger partial charge in [-0.2, -0.15) is 0 Å². The first kappa shape index (κ1) is 15.2. The van der Waals surface area contributed by atoms with E-state index in [1.807, 2.05) is 31.2 Å². The first-order chi connectivity index (χ1) is 9.52. The van der Waals surface area contributed by atoms with E-state index in [9.17, 15) is 9.50 Å². The maximum absolute atomic E-state index is 13.9. The summed E-state index contributed by atoms with van der Waals surface area (Å²) >= 11 is 3.37. The highest BCUT2D eigenvalue weighted by Gasteiger charge is 2.24. The van der Waals surface area contributed by atoms with Crippen molar-refractivity contribution >= 4 is 15.9 Å². The number of rotatable bonds is 4. The molecule has 0 bridgehead atoms. The van der Waals surface area contributed by atoms with Crippen molar-refractivity contribution in [2.75, 3.05) is 6.54 Å². The fraction of sp³-hybridized carbons (Fsp3) is 0.250. The minimum absolute atomic E-state index is 0.246. The molecule has 0 amide bonds. The van der Waals surface area contributed by atoms with E-state index >= 15 is 0 Å².